The average molecular weight is 468 g/mol. The summed E-state index contributed by atoms with van der Waals surface area (Å²) >= 11 is 3.44. The van der Waals surface area contributed by atoms with Crippen LogP contribution in [0.2, 0.25) is 0 Å². The molecule has 160 valence electrons. The lowest BCUT2D eigenvalue weighted by atomic mass is 10.0. The van der Waals surface area contributed by atoms with Crippen LogP contribution in [-0.4, -0.2) is 54.1 Å². The minimum atomic E-state index is -0.612. The van der Waals surface area contributed by atoms with Crippen LogP contribution in [0.25, 0.3) is 0 Å². The highest BCUT2D eigenvalue weighted by molar-refractivity contribution is 9.10. The van der Waals surface area contributed by atoms with Gasteiger partial charge in [-0.15, -0.1) is 0 Å². The number of piperidine rings is 1. The number of hydrogen-bond donors (Lipinski definition) is 2. The Hall–Kier alpha value is -2.09. The van der Waals surface area contributed by atoms with E-state index in [9.17, 15) is 14.4 Å². The van der Waals surface area contributed by atoms with Crippen LogP contribution in [0, 0.1) is 0 Å². The van der Waals surface area contributed by atoms with Crippen molar-refractivity contribution in [2.45, 2.75) is 58.1 Å². The fourth-order valence-corrected chi connectivity index (χ4v) is 3.57. The molecule has 2 rings (SSSR count). The normalized spacial score (nSPS) is 15.0. The summed E-state index contributed by atoms with van der Waals surface area (Å²) in [5.74, 6) is -0.114. The van der Waals surface area contributed by atoms with Crippen molar-refractivity contribution in [3.05, 3.63) is 34.3 Å². The molecule has 1 heterocycles. The highest BCUT2D eigenvalue weighted by atomic mass is 79.9. The van der Waals surface area contributed by atoms with E-state index in [2.05, 4.69) is 26.6 Å². The molecule has 1 aromatic carbocycles. The minimum Gasteiger partial charge on any atom is -0.444 e. The molecule has 0 radical (unpaired) electrons. The summed E-state index contributed by atoms with van der Waals surface area (Å²) in [5.41, 5.74) is 0.532. The Morgan fingerprint density at radius 3 is 2.52 bits per heavy atom. The van der Waals surface area contributed by atoms with Gasteiger partial charge in [0.15, 0.2) is 0 Å². The number of hydrogen-bond acceptors (Lipinski definition) is 4. The summed E-state index contributed by atoms with van der Waals surface area (Å²) in [5, 5.41) is 5.36. The van der Waals surface area contributed by atoms with Crippen molar-refractivity contribution in [3.63, 3.8) is 0 Å². The Morgan fingerprint density at radius 1 is 1.21 bits per heavy atom. The molecule has 1 aliphatic heterocycles. The van der Waals surface area contributed by atoms with E-state index in [-0.39, 0.29) is 24.4 Å². The van der Waals surface area contributed by atoms with E-state index in [0.717, 1.165) is 10.0 Å². The summed E-state index contributed by atoms with van der Waals surface area (Å²) in [6.07, 6.45) is 2.00. The van der Waals surface area contributed by atoms with Crippen LogP contribution in [0.4, 0.5) is 4.79 Å². The molecule has 0 atom stereocenters. The van der Waals surface area contributed by atoms with Crippen LogP contribution in [0.1, 0.15) is 45.6 Å². The predicted octanol–water partition coefficient (Wildman–Crippen LogP) is 3.01. The maximum Gasteiger partial charge on any atom is 0.408 e. The van der Waals surface area contributed by atoms with Crippen molar-refractivity contribution >= 4 is 33.8 Å². The second-order valence-electron chi connectivity index (χ2n) is 8.21. The van der Waals surface area contributed by atoms with Gasteiger partial charge in [-0.1, -0.05) is 28.1 Å². The van der Waals surface area contributed by atoms with Gasteiger partial charge < -0.3 is 20.3 Å². The zero-order valence-electron chi connectivity index (χ0n) is 17.3. The summed E-state index contributed by atoms with van der Waals surface area (Å²) in [4.78, 5) is 37.9. The SMILES string of the molecule is CC(C)(C)OC(=O)NCC(=O)NC1CCN(C(=O)CCc2cccc(Br)c2)CC1. The van der Waals surface area contributed by atoms with Crippen molar-refractivity contribution in [1.82, 2.24) is 15.5 Å². The number of carbonyl (C=O) groups is 3. The van der Waals surface area contributed by atoms with Crippen LogP contribution >= 0.6 is 15.9 Å². The first-order valence-corrected chi connectivity index (χ1v) is 10.7. The van der Waals surface area contributed by atoms with Crippen molar-refractivity contribution in [3.8, 4) is 0 Å². The largest absolute Gasteiger partial charge is 0.444 e. The number of alkyl carbamates (subject to hydrolysis) is 1. The third-order valence-corrected chi connectivity index (χ3v) is 5.01. The Kier molecular flexibility index (Phi) is 8.49. The van der Waals surface area contributed by atoms with Crippen LogP contribution < -0.4 is 10.6 Å². The number of nitrogens with zero attached hydrogens (tertiary/aromatic N) is 1. The average Bonchev–Trinajstić information content (AvgIpc) is 2.64. The Balaban J connectivity index is 1.65. The second-order valence-corrected chi connectivity index (χ2v) is 9.12. The first kappa shape index (κ1) is 23.2. The van der Waals surface area contributed by atoms with Gasteiger partial charge in [0.1, 0.15) is 12.1 Å². The Bertz CT molecular complexity index is 725. The van der Waals surface area contributed by atoms with Gasteiger partial charge in [-0.2, -0.15) is 0 Å². The van der Waals surface area contributed by atoms with E-state index < -0.39 is 11.7 Å². The molecule has 1 aromatic rings. The molecule has 0 aliphatic carbocycles. The monoisotopic (exact) mass is 467 g/mol. The van der Waals surface area contributed by atoms with E-state index in [0.29, 0.717) is 38.8 Å². The van der Waals surface area contributed by atoms with Gasteiger partial charge in [-0.3, -0.25) is 9.59 Å². The van der Waals surface area contributed by atoms with E-state index in [1.54, 1.807) is 20.8 Å². The van der Waals surface area contributed by atoms with E-state index >= 15 is 0 Å². The van der Waals surface area contributed by atoms with E-state index in [1.807, 2.05) is 29.2 Å². The molecule has 8 heteroatoms. The summed E-state index contributed by atoms with van der Waals surface area (Å²) in [6.45, 7) is 6.42. The second kappa shape index (κ2) is 10.6. The molecular weight excluding hydrogens is 438 g/mol. The zero-order chi connectivity index (χ0) is 21.4. The fraction of sp³-hybridized carbons (Fsp3) is 0.571. The molecule has 0 unspecified atom stereocenters. The first-order chi connectivity index (χ1) is 13.6. The third kappa shape index (κ3) is 8.85. The molecule has 2 N–H and O–H groups in total. The van der Waals surface area contributed by atoms with Gasteiger partial charge in [0, 0.05) is 30.0 Å². The molecular formula is C21H30BrN3O4. The smallest absolute Gasteiger partial charge is 0.408 e. The minimum absolute atomic E-state index is 0.0112. The van der Waals surface area contributed by atoms with E-state index in [1.165, 1.54) is 0 Å². The number of likely N-dealkylation sites (tertiary alicyclic amines) is 1. The van der Waals surface area contributed by atoms with Crippen molar-refractivity contribution in [2.75, 3.05) is 19.6 Å². The lowest BCUT2D eigenvalue weighted by Crippen LogP contribution is -2.49. The quantitative estimate of drug-likeness (QED) is 0.672. The molecule has 1 fully saturated rings. The van der Waals surface area contributed by atoms with Crippen molar-refractivity contribution < 1.29 is 19.1 Å². The number of halogens is 1. The number of carbonyl (C=O) groups excluding carboxylic acids is 3. The van der Waals surface area contributed by atoms with E-state index in [4.69, 9.17) is 4.74 Å². The molecule has 7 nitrogen and oxygen atoms in total. The van der Waals surface area contributed by atoms with Gasteiger partial charge in [0.05, 0.1) is 0 Å². The van der Waals surface area contributed by atoms with Gasteiger partial charge in [-0.05, 0) is 57.7 Å². The number of benzene rings is 1. The lowest BCUT2D eigenvalue weighted by Gasteiger charge is -2.32. The molecule has 29 heavy (non-hydrogen) atoms. The Labute approximate surface area is 180 Å². The number of nitrogens with one attached hydrogen (secondary N) is 2. The lowest BCUT2D eigenvalue weighted by molar-refractivity contribution is -0.132. The van der Waals surface area contributed by atoms with Crippen molar-refractivity contribution in [2.24, 2.45) is 0 Å². The predicted molar refractivity (Wildman–Crippen MR) is 114 cm³/mol. The third-order valence-electron chi connectivity index (χ3n) is 4.52. The highest BCUT2D eigenvalue weighted by Gasteiger charge is 2.24. The molecule has 1 saturated heterocycles. The summed E-state index contributed by atoms with van der Waals surface area (Å²) in [6, 6.07) is 7.99. The van der Waals surface area contributed by atoms with Gasteiger partial charge in [0.25, 0.3) is 0 Å². The van der Waals surface area contributed by atoms with Gasteiger partial charge >= 0.3 is 6.09 Å². The van der Waals surface area contributed by atoms with Crippen molar-refractivity contribution in [1.29, 1.82) is 0 Å². The highest BCUT2D eigenvalue weighted by Crippen LogP contribution is 2.15. The number of aryl methyl sites for hydroxylation is 1. The number of amides is 3. The number of ether oxygens (including phenoxy) is 1. The zero-order valence-corrected chi connectivity index (χ0v) is 18.9. The van der Waals surface area contributed by atoms with Crippen LogP contribution in [-0.2, 0) is 20.7 Å². The summed E-state index contributed by atoms with van der Waals surface area (Å²) < 4.78 is 6.12. The molecule has 0 saturated carbocycles. The van der Waals surface area contributed by atoms with Crippen LogP contribution in [0.5, 0.6) is 0 Å². The van der Waals surface area contributed by atoms with Crippen LogP contribution in [0.3, 0.4) is 0 Å². The fourth-order valence-electron chi connectivity index (χ4n) is 3.12. The van der Waals surface area contributed by atoms with Gasteiger partial charge in [-0.25, -0.2) is 4.79 Å². The maximum absolute atomic E-state index is 12.4. The van der Waals surface area contributed by atoms with Crippen LogP contribution in [0.15, 0.2) is 28.7 Å². The van der Waals surface area contributed by atoms with Gasteiger partial charge in [0.2, 0.25) is 11.8 Å². The first-order valence-electron chi connectivity index (χ1n) is 9.91. The number of rotatable bonds is 6. The Morgan fingerprint density at radius 2 is 1.90 bits per heavy atom. The topological polar surface area (TPSA) is 87.7 Å². The standard InChI is InChI=1S/C21H30BrN3O4/c1-21(2,3)29-20(28)23-14-18(26)24-17-9-11-25(12-10-17)19(27)8-7-15-5-4-6-16(22)13-15/h4-6,13,17H,7-12,14H2,1-3H3,(H,23,28)(H,24,26). The molecule has 0 spiro atoms. The molecule has 1 aliphatic rings. The molecule has 0 bridgehead atoms. The molecule has 0 aromatic heterocycles. The summed E-state index contributed by atoms with van der Waals surface area (Å²) in [7, 11) is 0. The molecule has 3 amide bonds. The maximum atomic E-state index is 12.4.